The zero-order chi connectivity index (χ0) is 78.3. The van der Waals surface area contributed by atoms with E-state index in [4.69, 9.17) is 51.6 Å². The summed E-state index contributed by atoms with van der Waals surface area (Å²) in [5.41, 5.74) is 49.5. The number of nitrogens with zero attached hydrogens (tertiary/aromatic N) is 5. The number of likely N-dealkylation sites (tertiary alicyclic amines) is 1. The number of imidazole rings is 1. The van der Waals surface area contributed by atoms with Gasteiger partial charge in [-0.1, -0.05) is 54.4 Å². The number of nitrogens with one attached hydrogen (secondary N) is 12. The van der Waals surface area contributed by atoms with Crippen LogP contribution in [0.3, 0.4) is 0 Å². The Kier molecular flexibility index (Phi) is 40.2. The van der Waals surface area contributed by atoms with Gasteiger partial charge < -0.3 is 125 Å². The van der Waals surface area contributed by atoms with Gasteiger partial charge in [-0.05, 0) is 102 Å². The molecule has 1 fully saturated rings. The fourth-order valence-electron chi connectivity index (χ4n) is 10.7. The topological polar surface area (TPSA) is 695 Å². The van der Waals surface area contributed by atoms with Crippen molar-refractivity contribution < 1.29 is 72.2 Å². The second kappa shape index (κ2) is 46.8. The fraction of sp³-hybridized carbons (Fsp3) is 0.683. The number of carbonyl (C=O) groups excluding carboxylic acids is 13. The van der Waals surface area contributed by atoms with Crippen LogP contribution in [-0.2, 0) is 68.7 Å². The van der Waals surface area contributed by atoms with Crippen molar-refractivity contribution in [2.24, 2.45) is 84.3 Å². The third-order valence-corrected chi connectivity index (χ3v) is 16.9. The molecule has 104 heavy (non-hydrogen) atoms. The number of urea groups is 1. The molecule has 1 aliphatic heterocycles. The Hall–Kier alpha value is -10.6. The summed E-state index contributed by atoms with van der Waals surface area (Å²) >= 11 is 0. The Balaban J connectivity index is 2.40. The number of H-pyrrole nitrogens is 1. The number of aliphatic imine (C=N–C) groups is 3. The van der Waals surface area contributed by atoms with Crippen molar-refractivity contribution in [3.05, 3.63) is 18.2 Å². The molecule has 41 nitrogen and oxygen atoms in total. The van der Waals surface area contributed by atoms with Gasteiger partial charge in [0.2, 0.25) is 70.9 Å². The average Bonchev–Trinajstić information content (AvgIpc) is 1.63. The van der Waals surface area contributed by atoms with Crippen LogP contribution in [0.25, 0.3) is 0 Å². The lowest BCUT2D eigenvalue weighted by Gasteiger charge is -2.30. The van der Waals surface area contributed by atoms with E-state index < -0.39 is 168 Å². The normalized spacial score (nSPS) is 15.9. The number of primary amides is 2. The maximum atomic E-state index is 14.6. The van der Waals surface area contributed by atoms with E-state index in [2.05, 4.69) is 83.4 Å². The number of hydrogen-bond acceptors (Lipinski definition) is 19. The monoisotopic (exact) mass is 1470 g/mol. The molecule has 1 saturated heterocycles. The smallest absolute Gasteiger partial charge is 0.326 e. The number of nitrogens with two attached hydrogens (primary N) is 9. The van der Waals surface area contributed by atoms with Crippen LogP contribution in [0.2, 0.25) is 0 Å². The van der Waals surface area contributed by atoms with Crippen LogP contribution >= 0.6 is 0 Å². The predicted octanol–water partition coefficient (Wildman–Crippen LogP) is -7.13. The maximum absolute atomic E-state index is 14.6. The molecule has 0 spiro atoms. The highest BCUT2D eigenvalue weighted by Crippen LogP contribution is 2.20. The molecule has 0 aliphatic carbocycles. The summed E-state index contributed by atoms with van der Waals surface area (Å²) in [6.07, 6.45) is 3.53. The Bertz CT molecular complexity index is 3120. The van der Waals surface area contributed by atoms with Crippen molar-refractivity contribution in [2.75, 3.05) is 39.3 Å². The Labute approximate surface area is 603 Å². The number of aromatic nitrogens is 2. The second-order valence-corrected chi connectivity index (χ2v) is 25.9. The van der Waals surface area contributed by atoms with Gasteiger partial charge in [-0.2, -0.15) is 0 Å². The molecule has 1 aliphatic rings. The first-order valence-electron chi connectivity index (χ1n) is 34.7. The van der Waals surface area contributed by atoms with E-state index in [0.717, 1.165) is 0 Å². The average molecular weight is 1470 g/mol. The van der Waals surface area contributed by atoms with Crippen LogP contribution in [0.4, 0.5) is 4.79 Å². The van der Waals surface area contributed by atoms with Gasteiger partial charge >= 0.3 is 12.0 Å². The summed E-state index contributed by atoms with van der Waals surface area (Å²) in [6, 6.07) is -15.6. The van der Waals surface area contributed by atoms with Crippen LogP contribution in [0.15, 0.2) is 27.5 Å². The maximum Gasteiger partial charge on any atom is 0.326 e. The van der Waals surface area contributed by atoms with Crippen LogP contribution in [-0.4, -0.2) is 226 Å². The molecular formula is C63H112N26O15. The van der Waals surface area contributed by atoms with Crippen LogP contribution in [0.1, 0.15) is 150 Å². The molecule has 0 radical (unpaired) electrons. The quantitative estimate of drug-likeness (QED) is 0.0164. The van der Waals surface area contributed by atoms with E-state index in [-0.39, 0.29) is 134 Å². The Morgan fingerprint density at radius 1 is 0.548 bits per heavy atom. The Morgan fingerprint density at radius 3 is 1.54 bits per heavy atom. The van der Waals surface area contributed by atoms with E-state index in [1.807, 2.05) is 0 Å². The third-order valence-electron chi connectivity index (χ3n) is 16.9. The van der Waals surface area contributed by atoms with Gasteiger partial charge in [-0.25, -0.2) is 14.6 Å². The zero-order valence-corrected chi connectivity index (χ0v) is 60.4. The first-order valence-corrected chi connectivity index (χ1v) is 34.7. The van der Waals surface area contributed by atoms with E-state index in [1.165, 1.54) is 24.3 Å². The molecule has 0 saturated carbocycles. The molecule has 31 N–H and O–H groups in total. The minimum Gasteiger partial charge on any atom is -0.480 e. The summed E-state index contributed by atoms with van der Waals surface area (Å²) in [7, 11) is 0. The highest BCUT2D eigenvalue weighted by Gasteiger charge is 2.40. The molecule has 0 unspecified atom stereocenters. The van der Waals surface area contributed by atoms with Crippen molar-refractivity contribution in [1.82, 2.24) is 73.4 Å². The SMILES string of the molecule is CC[C@H](C)[C@H](NC(=O)[C@H](Cc1cnc[nH]1)NC(=O)[C@H](CC(C)C)NC(=O)[C@H](CCCNC(N)=O)NC(=O)[C@H](C)NC(=O)[C@@H](NC(=O)[C@@H]1CCCN1C(=O)CNC(=O)[C@H](CCC(N)=O)NC(=O)[C@@H](N)CCCN=C(N)N)[C@@H](C)CC)C(=O)N[C@@H](CCCN=C(N)N)C(=O)N[C@@H](CCCN=C(N)N)C(=O)O. The molecular weight excluding hydrogens is 1360 g/mol. The molecule has 2 rings (SSSR count). The molecule has 14 amide bonds. The molecule has 584 valence electrons. The van der Waals surface area contributed by atoms with E-state index in [9.17, 15) is 72.2 Å². The number of aromatic amines is 1. The highest BCUT2D eigenvalue weighted by molar-refractivity contribution is 5.99. The van der Waals surface area contributed by atoms with Gasteiger partial charge in [0.05, 0.1) is 18.9 Å². The zero-order valence-electron chi connectivity index (χ0n) is 60.4. The number of hydrogen-bond donors (Lipinski definition) is 22. The number of guanidine groups is 3. The highest BCUT2D eigenvalue weighted by atomic mass is 16.4. The predicted molar refractivity (Wildman–Crippen MR) is 382 cm³/mol. The number of carbonyl (C=O) groups is 14. The van der Waals surface area contributed by atoms with Crippen molar-refractivity contribution >= 4 is 101 Å². The molecule has 0 bridgehead atoms. The summed E-state index contributed by atoms with van der Waals surface area (Å²) in [5, 5.41) is 38.4. The van der Waals surface area contributed by atoms with Crippen LogP contribution < -0.4 is 110 Å². The lowest BCUT2D eigenvalue weighted by Crippen LogP contribution is -2.61. The van der Waals surface area contributed by atoms with E-state index in [0.29, 0.717) is 31.4 Å². The summed E-state index contributed by atoms with van der Waals surface area (Å²) in [5.74, 6) is -13.3. The molecule has 1 aromatic rings. The van der Waals surface area contributed by atoms with Gasteiger partial charge in [-0.15, -0.1) is 0 Å². The van der Waals surface area contributed by atoms with Gasteiger partial charge in [0.15, 0.2) is 17.9 Å². The first-order chi connectivity index (χ1) is 49.0. The number of amides is 14. The van der Waals surface area contributed by atoms with Gasteiger partial charge in [-0.3, -0.25) is 72.5 Å². The standard InChI is InChI=1S/C63H112N26O15/c1-8-33(5)47(88-56(99)44-19-14-26-89(44)46(91)30-78-51(94)40(20-21-45(65)90)82-50(93)37(64)15-10-22-74-60(66)67)57(100)80-35(7)49(92)81-38(17-12-25-77-63(72)104)53(96)85-42(27-32(3)4)54(97)86-43(28-36-29-73-31-79-36)55(98)87-48(34(6)9-2)58(101)83-39(16-11-23-75-61(68)69)52(95)84-41(59(102)103)18-13-24-76-62(70)71/h29,31-35,37-44,47-48H,8-28,30,64H2,1-7H3,(H2,65,90)(H,73,79)(H,78,94)(H,80,100)(H,81,92)(H,82,93)(H,83,101)(H,84,95)(H,85,96)(H,86,97)(H,87,98)(H,88,99)(H,102,103)(H4,66,67,74)(H4,68,69,75)(H4,70,71,76)(H3,72,77,104)/t33-,34-,35-,37-,38-,39-,40-,41-,42-,43-,44-,47-,48-/m0/s1. The van der Waals surface area contributed by atoms with Gasteiger partial charge in [0.1, 0.15) is 60.4 Å². The number of aliphatic carboxylic acids is 1. The van der Waals surface area contributed by atoms with Crippen molar-refractivity contribution in [2.45, 2.75) is 218 Å². The minimum absolute atomic E-state index is 0.0283. The van der Waals surface area contributed by atoms with E-state index >= 15 is 0 Å². The first kappa shape index (κ1) is 89.4. The van der Waals surface area contributed by atoms with Gasteiger partial charge in [0, 0.05) is 57.5 Å². The minimum atomic E-state index is -1.48. The lowest BCUT2D eigenvalue weighted by molar-refractivity contribution is -0.142. The number of carboxylic acid groups (broad SMARTS) is 1. The summed E-state index contributed by atoms with van der Waals surface area (Å²) in [4.78, 5) is 210. The Morgan fingerprint density at radius 2 is 1.02 bits per heavy atom. The van der Waals surface area contributed by atoms with Crippen molar-refractivity contribution in [3.63, 3.8) is 0 Å². The lowest BCUT2D eigenvalue weighted by atomic mass is 9.96. The van der Waals surface area contributed by atoms with E-state index in [1.54, 1.807) is 41.5 Å². The molecule has 1 aromatic heterocycles. The molecule has 2 heterocycles. The molecule has 0 aromatic carbocycles. The fourth-order valence-corrected chi connectivity index (χ4v) is 10.7. The van der Waals surface area contributed by atoms with Crippen molar-refractivity contribution in [3.8, 4) is 0 Å². The molecule has 41 heteroatoms. The summed E-state index contributed by atoms with van der Waals surface area (Å²) in [6.45, 7) is 11.3. The summed E-state index contributed by atoms with van der Waals surface area (Å²) < 4.78 is 0. The third kappa shape index (κ3) is 33.9. The number of rotatable bonds is 49. The number of carboxylic acids is 1. The second-order valence-electron chi connectivity index (χ2n) is 25.9. The van der Waals surface area contributed by atoms with Gasteiger partial charge in [0.25, 0.3) is 0 Å². The van der Waals surface area contributed by atoms with Crippen molar-refractivity contribution in [1.29, 1.82) is 0 Å². The molecule has 13 atom stereocenters. The largest absolute Gasteiger partial charge is 0.480 e. The van der Waals surface area contributed by atoms with Crippen LogP contribution in [0.5, 0.6) is 0 Å². The van der Waals surface area contributed by atoms with Crippen LogP contribution in [0, 0.1) is 17.8 Å².